The largest absolute Gasteiger partial charge is 0.494 e. The van der Waals surface area contributed by atoms with E-state index in [1.54, 1.807) is 26.0 Å². The molecule has 0 amide bonds. The number of H-pyrrole nitrogens is 1. The third-order valence-corrected chi connectivity index (χ3v) is 4.78. The van der Waals surface area contributed by atoms with Crippen molar-refractivity contribution in [2.24, 2.45) is 0 Å². The molecular formula is C21H21N3O5. The lowest BCUT2D eigenvalue weighted by Crippen LogP contribution is -2.31. The van der Waals surface area contributed by atoms with E-state index in [0.717, 1.165) is 22.1 Å². The van der Waals surface area contributed by atoms with E-state index in [4.69, 9.17) is 14.1 Å². The maximum absolute atomic E-state index is 12.7. The normalized spacial score (nSPS) is 12.4. The third kappa shape index (κ3) is 3.49. The fraction of sp³-hybridized carbons (Fsp3) is 0.286. The molecule has 4 aromatic rings. The Hall–Kier alpha value is -3.55. The summed E-state index contributed by atoms with van der Waals surface area (Å²) in [4.78, 5) is 33.2. The molecule has 0 saturated carbocycles. The molecule has 0 saturated heterocycles. The first-order chi connectivity index (χ1) is 14.0. The number of fused-ring (bicyclic) bond motifs is 2. The van der Waals surface area contributed by atoms with E-state index in [1.807, 2.05) is 31.2 Å². The van der Waals surface area contributed by atoms with Crippen molar-refractivity contribution in [1.82, 2.24) is 14.9 Å². The Labute approximate surface area is 166 Å². The Bertz CT molecular complexity index is 1250. The van der Waals surface area contributed by atoms with Crippen LogP contribution in [0, 0.1) is 6.92 Å². The predicted octanol–water partition coefficient (Wildman–Crippen LogP) is 3.33. The Morgan fingerprint density at radius 2 is 2.14 bits per heavy atom. The molecule has 2 aromatic carbocycles. The fourth-order valence-electron chi connectivity index (χ4n) is 3.13. The number of imidazole rings is 1. The van der Waals surface area contributed by atoms with Gasteiger partial charge in [0.1, 0.15) is 11.3 Å². The summed E-state index contributed by atoms with van der Waals surface area (Å²) in [6.45, 7) is 6.15. The summed E-state index contributed by atoms with van der Waals surface area (Å²) in [5.41, 5.74) is 2.37. The number of hydrogen-bond acceptors (Lipinski definition) is 6. The zero-order valence-corrected chi connectivity index (χ0v) is 16.4. The first-order valence-corrected chi connectivity index (χ1v) is 9.43. The average molecular weight is 395 g/mol. The molecule has 2 aromatic heterocycles. The zero-order chi connectivity index (χ0) is 20.5. The van der Waals surface area contributed by atoms with Crippen molar-refractivity contribution in [3.63, 3.8) is 0 Å². The number of benzene rings is 2. The maximum atomic E-state index is 12.7. The van der Waals surface area contributed by atoms with Crippen LogP contribution in [0.5, 0.6) is 5.75 Å². The van der Waals surface area contributed by atoms with E-state index in [-0.39, 0.29) is 0 Å². The maximum Gasteiger partial charge on any atom is 0.360 e. The molecule has 1 unspecified atom stereocenters. The predicted molar refractivity (Wildman–Crippen MR) is 107 cm³/mol. The lowest BCUT2D eigenvalue weighted by molar-refractivity contribution is -0.145. The minimum absolute atomic E-state index is 0.439. The Morgan fingerprint density at radius 3 is 2.93 bits per heavy atom. The van der Waals surface area contributed by atoms with Gasteiger partial charge < -0.3 is 19.1 Å². The highest BCUT2D eigenvalue weighted by Gasteiger charge is 2.21. The van der Waals surface area contributed by atoms with Crippen LogP contribution in [-0.2, 0) is 4.79 Å². The average Bonchev–Trinajstić information content (AvgIpc) is 3.23. The molecule has 0 aliphatic heterocycles. The van der Waals surface area contributed by atoms with Gasteiger partial charge in [-0.25, -0.2) is 9.59 Å². The molecule has 0 aliphatic rings. The second-order valence-corrected chi connectivity index (χ2v) is 6.91. The Balaban J connectivity index is 1.63. The second-order valence-electron chi connectivity index (χ2n) is 6.91. The lowest BCUT2D eigenvalue weighted by atomic mass is 10.0. The van der Waals surface area contributed by atoms with Gasteiger partial charge >= 0.3 is 11.7 Å². The molecule has 2 heterocycles. The van der Waals surface area contributed by atoms with Gasteiger partial charge in [-0.1, -0.05) is 24.2 Å². The van der Waals surface area contributed by atoms with Crippen LogP contribution < -0.4 is 15.3 Å². The van der Waals surface area contributed by atoms with Crippen LogP contribution in [-0.4, -0.2) is 27.4 Å². The van der Waals surface area contributed by atoms with Gasteiger partial charge in [0, 0.05) is 11.5 Å². The SMILES string of the molecule is CCCOc1cccc(C(C)C(=O)On2c(=O)[nH]c3cc4onc(C)c4cc32)c1. The van der Waals surface area contributed by atoms with Crippen molar-refractivity contribution in [3.05, 3.63) is 58.1 Å². The summed E-state index contributed by atoms with van der Waals surface area (Å²) in [7, 11) is 0. The monoisotopic (exact) mass is 395 g/mol. The Kier molecular flexibility index (Phi) is 4.84. The van der Waals surface area contributed by atoms with E-state index in [9.17, 15) is 9.59 Å². The molecule has 29 heavy (non-hydrogen) atoms. The van der Waals surface area contributed by atoms with Crippen molar-refractivity contribution < 1.29 is 18.9 Å². The van der Waals surface area contributed by atoms with Crippen molar-refractivity contribution >= 4 is 28.0 Å². The molecule has 0 aliphatic carbocycles. The Morgan fingerprint density at radius 1 is 1.31 bits per heavy atom. The number of nitrogens with zero attached hydrogens (tertiary/aromatic N) is 2. The summed E-state index contributed by atoms with van der Waals surface area (Å²) in [6, 6.07) is 10.7. The third-order valence-electron chi connectivity index (χ3n) is 4.78. The molecule has 0 radical (unpaired) electrons. The molecule has 1 atom stereocenters. The van der Waals surface area contributed by atoms with Crippen LogP contribution in [0.25, 0.3) is 22.0 Å². The number of nitrogens with one attached hydrogen (secondary N) is 1. The summed E-state index contributed by atoms with van der Waals surface area (Å²) in [6.07, 6.45) is 0.893. The number of hydrogen-bond donors (Lipinski definition) is 1. The summed E-state index contributed by atoms with van der Waals surface area (Å²) in [5.74, 6) is -0.445. The highest BCUT2D eigenvalue weighted by atomic mass is 16.7. The van der Waals surface area contributed by atoms with E-state index < -0.39 is 17.6 Å². The van der Waals surface area contributed by atoms with Gasteiger partial charge in [0.05, 0.1) is 23.7 Å². The molecule has 0 fully saturated rings. The molecule has 8 nitrogen and oxygen atoms in total. The molecule has 0 bridgehead atoms. The van der Waals surface area contributed by atoms with Crippen LogP contribution in [0.15, 0.2) is 45.7 Å². The molecule has 0 spiro atoms. The first-order valence-electron chi connectivity index (χ1n) is 9.43. The number of carbonyl (C=O) groups excluding carboxylic acids is 1. The van der Waals surface area contributed by atoms with E-state index in [2.05, 4.69) is 10.1 Å². The van der Waals surface area contributed by atoms with Crippen molar-refractivity contribution in [3.8, 4) is 5.75 Å². The van der Waals surface area contributed by atoms with Crippen LogP contribution >= 0.6 is 0 Å². The lowest BCUT2D eigenvalue weighted by Gasteiger charge is -2.13. The van der Waals surface area contributed by atoms with Gasteiger partial charge in [-0.3, -0.25) is 0 Å². The minimum atomic E-state index is -0.585. The van der Waals surface area contributed by atoms with Crippen molar-refractivity contribution in [2.75, 3.05) is 6.61 Å². The van der Waals surface area contributed by atoms with Gasteiger partial charge in [0.15, 0.2) is 5.58 Å². The number of aromatic nitrogens is 3. The topological polar surface area (TPSA) is 99.3 Å². The van der Waals surface area contributed by atoms with Crippen LogP contribution in [0.1, 0.15) is 37.4 Å². The van der Waals surface area contributed by atoms with Gasteiger partial charge in [0.2, 0.25) is 0 Å². The molecule has 8 heteroatoms. The summed E-state index contributed by atoms with van der Waals surface area (Å²) < 4.78 is 11.8. The summed E-state index contributed by atoms with van der Waals surface area (Å²) >= 11 is 0. The minimum Gasteiger partial charge on any atom is -0.494 e. The fourth-order valence-corrected chi connectivity index (χ4v) is 3.13. The summed E-state index contributed by atoms with van der Waals surface area (Å²) in [5, 5.41) is 4.66. The second kappa shape index (κ2) is 7.46. The number of rotatable bonds is 6. The van der Waals surface area contributed by atoms with Gasteiger partial charge in [-0.2, -0.15) is 0 Å². The first kappa shape index (κ1) is 18.8. The number of ether oxygens (including phenoxy) is 1. The van der Waals surface area contributed by atoms with Crippen LogP contribution in [0.3, 0.4) is 0 Å². The van der Waals surface area contributed by atoms with Crippen LogP contribution in [0.2, 0.25) is 0 Å². The highest BCUT2D eigenvalue weighted by Crippen LogP contribution is 2.24. The van der Waals surface area contributed by atoms with Gasteiger partial charge in [-0.15, -0.1) is 4.73 Å². The van der Waals surface area contributed by atoms with Gasteiger partial charge in [-0.05, 0) is 44.0 Å². The highest BCUT2D eigenvalue weighted by molar-refractivity contribution is 5.93. The van der Waals surface area contributed by atoms with Crippen molar-refractivity contribution in [2.45, 2.75) is 33.1 Å². The van der Waals surface area contributed by atoms with E-state index in [1.165, 1.54) is 0 Å². The van der Waals surface area contributed by atoms with Crippen LogP contribution in [0.4, 0.5) is 0 Å². The quantitative estimate of drug-likeness (QED) is 0.538. The van der Waals surface area contributed by atoms with Gasteiger partial charge in [0.25, 0.3) is 0 Å². The zero-order valence-electron chi connectivity index (χ0n) is 16.4. The standard InChI is InChI=1S/C21H21N3O5/c1-4-8-27-15-7-5-6-14(9-15)12(2)20(25)29-24-18-10-16-13(3)23-28-19(16)11-17(18)22-21(24)26/h5-7,9-12H,4,8H2,1-3H3,(H,22,26). The number of aromatic amines is 1. The molecule has 4 rings (SSSR count). The number of aryl methyl sites for hydroxylation is 1. The van der Waals surface area contributed by atoms with E-state index in [0.29, 0.717) is 34.7 Å². The van der Waals surface area contributed by atoms with E-state index >= 15 is 0 Å². The smallest absolute Gasteiger partial charge is 0.360 e. The number of carbonyl (C=O) groups is 1. The molecule has 1 N–H and O–H groups in total. The van der Waals surface area contributed by atoms with Crippen molar-refractivity contribution in [1.29, 1.82) is 0 Å². The molecule has 150 valence electrons. The molecular weight excluding hydrogens is 374 g/mol.